The molecule has 8 nitrogen and oxygen atoms in total. The molecule has 1 aliphatic rings. The standard InChI is InChI=1S/C15H17N5O3/c1-10-7-20(13-6-16-4-3-12(13)18-15(10)22)14(21)9-23-11-5-17-19(2)8-11/h3-6,8,10H,7,9H2,1-2H3,(H,18,22). The third kappa shape index (κ3) is 3.15. The first kappa shape index (κ1) is 15.0. The number of nitrogens with one attached hydrogen (secondary N) is 1. The maximum atomic E-state index is 12.6. The first-order valence-corrected chi connectivity index (χ1v) is 7.21. The normalized spacial score (nSPS) is 17.2. The third-order valence-electron chi connectivity index (χ3n) is 3.60. The van der Waals surface area contributed by atoms with Gasteiger partial charge in [0.15, 0.2) is 12.4 Å². The van der Waals surface area contributed by atoms with Crippen molar-refractivity contribution in [3.8, 4) is 5.75 Å². The van der Waals surface area contributed by atoms with Crippen molar-refractivity contribution in [1.29, 1.82) is 0 Å². The van der Waals surface area contributed by atoms with E-state index in [1.807, 2.05) is 0 Å². The van der Waals surface area contributed by atoms with E-state index in [0.717, 1.165) is 0 Å². The van der Waals surface area contributed by atoms with Crippen LogP contribution in [0.1, 0.15) is 6.92 Å². The number of ether oxygens (including phenoxy) is 1. The molecule has 8 heteroatoms. The minimum Gasteiger partial charge on any atom is -0.480 e. The molecule has 0 radical (unpaired) electrons. The van der Waals surface area contributed by atoms with Crippen molar-refractivity contribution in [2.24, 2.45) is 13.0 Å². The van der Waals surface area contributed by atoms with Crippen molar-refractivity contribution < 1.29 is 14.3 Å². The number of hydrogen-bond donors (Lipinski definition) is 1. The minimum absolute atomic E-state index is 0.124. The summed E-state index contributed by atoms with van der Waals surface area (Å²) in [5.41, 5.74) is 1.15. The van der Waals surface area contributed by atoms with Gasteiger partial charge in [-0.3, -0.25) is 19.3 Å². The van der Waals surface area contributed by atoms with Gasteiger partial charge in [0.25, 0.3) is 5.91 Å². The molecule has 0 aliphatic carbocycles. The summed E-state index contributed by atoms with van der Waals surface area (Å²) >= 11 is 0. The Balaban J connectivity index is 1.79. The van der Waals surface area contributed by atoms with Gasteiger partial charge in [0.2, 0.25) is 5.91 Å². The average molecular weight is 315 g/mol. The third-order valence-corrected chi connectivity index (χ3v) is 3.60. The van der Waals surface area contributed by atoms with Gasteiger partial charge in [0.1, 0.15) is 0 Å². The average Bonchev–Trinajstić information content (AvgIpc) is 2.90. The van der Waals surface area contributed by atoms with Crippen LogP contribution in [0.25, 0.3) is 0 Å². The SMILES string of the molecule is CC1CN(C(=O)COc2cnn(C)c2)c2cnccc2NC1=O. The van der Waals surface area contributed by atoms with Gasteiger partial charge in [-0.15, -0.1) is 0 Å². The molecule has 3 rings (SSSR count). The van der Waals surface area contributed by atoms with E-state index in [0.29, 0.717) is 17.1 Å². The van der Waals surface area contributed by atoms with Gasteiger partial charge in [-0.05, 0) is 6.07 Å². The summed E-state index contributed by atoms with van der Waals surface area (Å²) in [6, 6.07) is 1.67. The molecule has 1 aliphatic heterocycles. The van der Waals surface area contributed by atoms with Crippen LogP contribution in [0.4, 0.5) is 11.4 Å². The highest BCUT2D eigenvalue weighted by Gasteiger charge is 2.29. The summed E-state index contributed by atoms with van der Waals surface area (Å²) in [4.78, 5) is 30.1. The molecule has 0 spiro atoms. The molecular weight excluding hydrogens is 298 g/mol. The van der Waals surface area contributed by atoms with E-state index in [4.69, 9.17) is 4.74 Å². The lowest BCUT2D eigenvalue weighted by Gasteiger charge is -2.22. The molecule has 1 unspecified atom stereocenters. The fourth-order valence-electron chi connectivity index (χ4n) is 2.35. The van der Waals surface area contributed by atoms with E-state index in [9.17, 15) is 9.59 Å². The number of hydrogen-bond acceptors (Lipinski definition) is 5. The number of carbonyl (C=O) groups is 2. The number of nitrogens with zero attached hydrogens (tertiary/aromatic N) is 4. The summed E-state index contributed by atoms with van der Waals surface area (Å²) in [5, 5.41) is 6.79. The topological polar surface area (TPSA) is 89.3 Å². The lowest BCUT2D eigenvalue weighted by molar-refractivity contribution is -0.121. The number of rotatable bonds is 3. The predicted molar refractivity (Wildman–Crippen MR) is 83.1 cm³/mol. The summed E-state index contributed by atoms with van der Waals surface area (Å²) in [6.07, 6.45) is 6.36. The first-order chi connectivity index (χ1) is 11.0. The van der Waals surface area contributed by atoms with Crippen LogP contribution in [0.5, 0.6) is 5.75 Å². The molecular formula is C15H17N5O3. The van der Waals surface area contributed by atoms with Crippen LogP contribution in [0.2, 0.25) is 0 Å². The van der Waals surface area contributed by atoms with Crippen molar-refractivity contribution in [3.63, 3.8) is 0 Å². The van der Waals surface area contributed by atoms with Gasteiger partial charge < -0.3 is 15.0 Å². The molecule has 2 aromatic rings. The number of carbonyl (C=O) groups excluding carboxylic acids is 2. The van der Waals surface area contributed by atoms with E-state index >= 15 is 0 Å². The summed E-state index contributed by atoms with van der Waals surface area (Å²) in [7, 11) is 1.77. The lowest BCUT2D eigenvalue weighted by Crippen LogP contribution is -2.38. The molecule has 2 amide bonds. The molecule has 2 aromatic heterocycles. The Morgan fingerprint density at radius 3 is 3.04 bits per heavy atom. The predicted octanol–water partition coefficient (Wildman–Crippen LogP) is 0.815. The number of aryl methyl sites for hydroxylation is 1. The minimum atomic E-state index is -0.329. The zero-order chi connectivity index (χ0) is 16.4. The second kappa shape index (κ2) is 6.07. The van der Waals surface area contributed by atoms with E-state index < -0.39 is 0 Å². The summed E-state index contributed by atoms with van der Waals surface area (Å²) < 4.78 is 7.05. The van der Waals surface area contributed by atoms with E-state index in [1.165, 1.54) is 4.90 Å². The van der Waals surface area contributed by atoms with E-state index in [2.05, 4.69) is 15.4 Å². The summed E-state index contributed by atoms with van der Waals surface area (Å²) in [6.45, 7) is 1.91. The maximum Gasteiger partial charge on any atom is 0.265 e. The van der Waals surface area contributed by atoms with Crippen LogP contribution >= 0.6 is 0 Å². The van der Waals surface area contributed by atoms with E-state index in [-0.39, 0.29) is 30.9 Å². The smallest absolute Gasteiger partial charge is 0.265 e. The molecule has 0 aromatic carbocycles. The molecule has 120 valence electrons. The molecule has 0 saturated heterocycles. The van der Waals surface area contributed by atoms with Crippen LogP contribution in [0.15, 0.2) is 30.9 Å². The van der Waals surface area contributed by atoms with Crippen LogP contribution in [0, 0.1) is 5.92 Å². The number of anilines is 2. The van der Waals surface area contributed by atoms with Gasteiger partial charge in [0, 0.05) is 19.8 Å². The number of fused-ring (bicyclic) bond motifs is 1. The van der Waals surface area contributed by atoms with Crippen LogP contribution in [0.3, 0.4) is 0 Å². The number of amides is 2. The zero-order valence-corrected chi connectivity index (χ0v) is 12.9. The van der Waals surface area contributed by atoms with Gasteiger partial charge in [0.05, 0.1) is 35.9 Å². The van der Waals surface area contributed by atoms with Crippen molar-refractivity contribution in [2.45, 2.75) is 6.92 Å². The Labute approximate surface area is 133 Å². The molecule has 3 heterocycles. The maximum absolute atomic E-state index is 12.6. The first-order valence-electron chi connectivity index (χ1n) is 7.21. The van der Waals surface area contributed by atoms with Gasteiger partial charge in [-0.1, -0.05) is 6.92 Å². The summed E-state index contributed by atoms with van der Waals surface area (Å²) in [5.74, 6) is -0.179. The van der Waals surface area contributed by atoms with Gasteiger partial charge in [-0.2, -0.15) is 5.10 Å². The quantitative estimate of drug-likeness (QED) is 0.905. The van der Waals surface area contributed by atoms with Gasteiger partial charge in [-0.25, -0.2) is 0 Å². The van der Waals surface area contributed by atoms with Crippen molar-refractivity contribution in [1.82, 2.24) is 14.8 Å². The van der Waals surface area contributed by atoms with Crippen molar-refractivity contribution >= 4 is 23.2 Å². The Morgan fingerprint density at radius 2 is 2.30 bits per heavy atom. The Morgan fingerprint density at radius 1 is 1.48 bits per heavy atom. The van der Waals surface area contributed by atoms with Gasteiger partial charge >= 0.3 is 0 Å². The molecule has 0 bridgehead atoms. The lowest BCUT2D eigenvalue weighted by atomic mass is 10.1. The van der Waals surface area contributed by atoms with Crippen LogP contribution in [-0.4, -0.2) is 39.7 Å². The monoisotopic (exact) mass is 315 g/mol. The molecule has 0 fully saturated rings. The largest absolute Gasteiger partial charge is 0.480 e. The molecule has 1 atom stereocenters. The number of aromatic nitrogens is 3. The Kier molecular flexibility index (Phi) is 3.96. The van der Waals surface area contributed by atoms with Crippen LogP contribution < -0.4 is 15.0 Å². The highest BCUT2D eigenvalue weighted by atomic mass is 16.5. The molecule has 0 saturated carbocycles. The second-order valence-corrected chi connectivity index (χ2v) is 5.43. The second-order valence-electron chi connectivity index (χ2n) is 5.43. The van der Waals surface area contributed by atoms with E-state index in [1.54, 1.807) is 49.5 Å². The van der Waals surface area contributed by atoms with Crippen molar-refractivity contribution in [3.05, 3.63) is 30.9 Å². The molecule has 23 heavy (non-hydrogen) atoms. The fourth-order valence-corrected chi connectivity index (χ4v) is 2.35. The fraction of sp³-hybridized carbons (Fsp3) is 0.333. The highest BCUT2D eigenvalue weighted by Crippen LogP contribution is 2.29. The van der Waals surface area contributed by atoms with Crippen LogP contribution in [-0.2, 0) is 16.6 Å². The number of pyridine rings is 1. The highest BCUT2D eigenvalue weighted by molar-refractivity contribution is 6.04. The van der Waals surface area contributed by atoms with Crippen molar-refractivity contribution in [2.75, 3.05) is 23.4 Å². The molecule has 1 N–H and O–H groups in total. The Hall–Kier alpha value is -2.90. The zero-order valence-electron chi connectivity index (χ0n) is 12.9. The Bertz CT molecular complexity index is 742.